The van der Waals surface area contributed by atoms with E-state index in [9.17, 15) is 5.11 Å². The Kier molecular flexibility index (Phi) is 4.81. The van der Waals surface area contributed by atoms with Gasteiger partial charge in [-0.3, -0.25) is 0 Å². The second-order valence-electron chi connectivity index (χ2n) is 4.42. The van der Waals surface area contributed by atoms with Crippen molar-refractivity contribution in [2.45, 2.75) is 52.7 Å². The normalized spacial score (nSPS) is 14.6. The molecule has 16 heavy (non-hydrogen) atoms. The number of hydrogen-bond donors (Lipinski definition) is 1. The van der Waals surface area contributed by atoms with Crippen molar-refractivity contribution in [2.75, 3.05) is 0 Å². The zero-order chi connectivity index (χ0) is 12.1. The SMILES string of the molecule is CCCC(C)Oc1ccc([C@@H](C)O)cc1C. The predicted molar refractivity (Wildman–Crippen MR) is 66.8 cm³/mol. The van der Waals surface area contributed by atoms with Gasteiger partial charge in [-0.25, -0.2) is 0 Å². The summed E-state index contributed by atoms with van der Waals surface area (Å²) in [5.41, 5.74) is 2.02. The van der Waals surface area contributed by atoms with E-state index in [4.69, 9.17) is 4.74 Å². The van der Waals surface area contributed by atoms with Crippen LogP contribution in [0.15, 0.2) is 18.2 Å². The molecule has 2 nitrogen and oxygen atoms in total. The van der Waals surface area contributed by atoms with Crippen molar-refractivity contribution in [3.05, 3.63) is 29.3 Å². The smallest absolute Gasteiger partial charge is 0.122 e. The summed E-state index contributed by atoms with van der Waals surface area (Å²) in [5, 5.41) is 9.46. The van der Waals surface area contributed by atoms with Gasteiger partial charge >= 0.3 is 0 Å². The highest BCUT2D eigenvalue weighted by atomic mass is 16.5. The van der Waals surface area contributed by atoms with Gasteiger partial charge in [-0.05, 0) is 50.5 Å². The average Bonchev–Trinajstić information content (AvgIpc) is 2.21. The van der Waals surface area contributed by atoms with Gasteiger partial charge in [-0.2, -0.15) is 0 Å². The van der Waals surface area contributed by atoms with E-state index in [1.807, 2.05) is 25.1 Å². The summed E-state index contributed by atoms with van der Waals surface area (Å²) < 4.78 is 5.84. The van der Waals surface area contributed by atoms with E-state index in [0.29, 0.717) is 0 Å². The van der Waals surface area contributed by atoms with E-state index >= 15 is 0 Å². The number of aliphatic hydroxyl groups is 1. The van der Waals surface area contributed by atoms with Crippen molar-refractivity contribution in [3.8, 4) is 5.75 Å². The van der Waals surface area contributed by atoms with Crippen molar-refractivity contribution in [1.82, 2.24) is 0 Å². The second-order valence-corrected chi connectivity index (χ2v) is 4.42. The van der Waals surface area contributed by atoms with Crippen molar-refractivity contribution in [1.29, 1.82) is 0 Å². The molecule has 1 aromatic rings. The molecule has 0 bridgehead atoms. The largest absolute Gasteiger partial charge is 0.490 e. The fourth-order valence-corrected chi connectivity index (χ4v) is 1.75. The van der Waals surface area contributed by atoms with Gasteiger partial charge in [0.1, 0.15) is 5.75 Å². The predicted octanol–water partition coefficient (Wildman–Crippen LogP) is 3.62. The first kappa shape index (κ1) is 13.0. The van der Waals surface area contributed by atoms with Crippen LogP contribution in [-0.2, 0) is 0 Å². The van der Waals surface area contributed by atoms with Crippen LogP contribution in [0.5, 0.6) is 5.75 Å². The lowest BCUT2D eigenvalue weighted by Crippen LogP contribution is -2.11. The van der Waals surface area contributed by atoms with Crippen molar-refractivity contribution in [3.63, 3.8) is 0 Å². The van der Waals surface area contributed by atoms with Crippen LogP contribution >= 0.6 is 0 Å². The number of rotatable bonds is 5. The molecule has 2 heteroatoms. The van der Waals surface area contributed by atoms with E-state index in [1.54, 1.807) is 6.92 Å². The Labute approximate surface area is 98.3 Å². The summed E-state index contributed by atoms with van der Waals surface area (Å²) in [6, 6.07) is 5.86. The van der Waals surface area contributed by atoms with Gasteiger partial charge in [-0.15, -0.1) is 0 Å². The maximum atomic E-state index is 9.46. The summed E-state index contributed by atoms with van der Waals surface area (Å²) >= 11 is 0. The van der Waals surface area contributed by atoms with E-state index in [0.717, 1.165) is 29.7 Å². The summed E-state index contributed by atoms with van der Waals surface area (Å²) in [5.74, 6) is 0.922. The van der Waals surface area contributed by atoms with Crippen LogP contribution < -0.4 is 4.74 Å². The van der Waals surface area contributed by atoms with E-state index in [2.05, 4.69) is 13.8 Å². The van der Waals surface area contributed by atoms with E-state index in [1.165, 1.54) is 0 Å². The Bertz CT molecular complexity index is 332. The van der Waals surface area contributed by atoms with Crippen LogP contribution in [0.25, 0.3) is 0 Å². The first-order valence-electron chi connectivity index (χ1n) is 5.99. The van der Waals surface area contributed by atoms with Gasteiger partial charge in [-0.1, -0.05) is 19.4 Å². The van der Waals surface area contributed by atoms with Crippen molar-refractivity contribution >= 4 is 0 Å². The molecule has 0 saturated heterocycles. The van der Waals surface area contributed by atoms with Gasteiger partial charge in [0.25, 0.3) is 0 Å². The fourth-order valence-electron chi connectivity index (χ4n) is 1.75. The highest BCUT2D eigenvalue weighted by molar-refractivity contribution is 5.37. The molecule has 90 valence electrons. The van der Waals surface area contributed by atoms with Crippen molar-refractivity contribution in [2.24, 2.45) is 0 Å². The topological polar surface area (TPSA) is 29.5 Å². The van der Waals surface area contributed by atoms with Crippen LogP contribution in [0.4, 0.5) is 0 Å². The molecule has 1 N–H and O–H groups in total. The number of aryl methyl sites for hydroxylation is 1. The number of ether oxygens (including phenoxy) is 1. The highest BCUT2D eigenvalue weighted by Crippen LogP contribution is 2.24. The highest BCUT2D eigenvalue weighted by Gasteiger charge is 2.08. The van der Waals surface area contributed by atoms with E-state index < -0.39 is 6.10 Å². The van der Waals surface area contributed by atoms with Gasteiger partial charge in [0, 0.05) is 0 Å². The summed E-state index contributed by atoms with van der Waals surface area (Å²) in [6.07, 6.45) is 2.03. The van der Waals surface area contributed by atoms with Gasteiger partial charge in [0.2, 0.25) is 0 Å². The minimum atomic E-state index is -0.416. The Morgan fingerprint density at radius 1 is 1.31 bits per heavy atom. The molecule has 0 radical (unpaired) electrons. The summed E-state index contributed by atoms with van der Waals surface area (Å²) in [6.45, 7) is 8.03. The molecule has 0 heterocycles. The molecule has 0 aromatic heterocycles. The Morgan fingerprint density at radius 3 is 2.50 bits per heavy atom. The first-order valence-corrected chi connectivity index (χ1v) is 5.99. The molecule has 0 aliphatic heterocycles. The zero-order valence-electron chi connectivity index (χ0n) is 10.7. The van der Waals surface area contributed by atoms with Gasteiger partial charge in [0.15, 0.2) is 0 Å². The number of aliphatic hydroxyl groups excluding tert-OH is 1. The van der Waals surface area contributed by atoms with Gasteiger partial charge < -0.3 is 9.84 Å². The fraction of sp³-hybridized carbons (Fsp3) is 0.571. The third-order valence-corrected chi connectivity index (χ3v) is 2.70. The molecule has 0 aliphatic carbocycles. The maximum Gasteiger partial charge on any atom is 0.122 e. The lowest BCUT2D eigenvalue weighted by molar-refractivity contribution is 0.197. The molecule has 0 amide bonds. The zero-order valence-corrected chi connectivity index (χ0v) is 10.7. The Morgan fingerprint density at radius 2 is 2.00 bits per heavy atom. The van der Waals surface area contributed by atoms with Crippen LogP contribution in [0, 0.1) is 6.92 Å². The maximum absolute atomic E-state index is 9.46. The minimum Gasteiger partial charge on any atom is -0.490 e. The molecule has 1 unspecified atom stereocenters. The monoisotopic (exact) mass is 222 g/mol. The molecule has 0 saturated carbocycles. The molecule has 0 fully saturated rings. The number of hydrogen-bond acceptors (Lipinski definition) is 2. The molecule has 0 spiro atoms. The third-order valence-electron chi connectivity index (χ3n) is 2.70. The first-order chi connectivity index (χ1) is 7.54. The quantitative estimate of drug-likeness (QED) is 0.824. The molecular formula is C14H22O2. The Hall–Kier alpha value is -1.02. The van der Waals surface area contributed by atoms with Crippen LogP contribution in [0.2, 0.25) is 0 Å². The van der Waals surface area contributed by atoms with E-state index in [-0.39, 0.29) is 6.10 Å². The minimum absolute atomic E-state index is 0.251. The van der Waals surface area contributed by atoms with Crippen LogP contribution in [0.1, 0.15) is 50.8 Å². The molecule has 0 aliphatic rings. The lowest BCUT2D eigenvalue weighted by Gasteiger charge is -2.16. The lowest BCUT2D eigenvalue weighted by atomic mass is 10.1. The van der Waals surface area contributed by atoms with Crippen molar-refractivity contribution < 1.29 is 9.84 Å². The van der Waals surface area contributed by atoms with Crippen LogP contribution in [-0.4, -0.2) is 11.2 Å². The summed E-state index contributed by atoms with van der Waals surface area (Å²) in [7, 11) is 0. The average molecular weight is 222 g/mol. The standard InChI is InChI=1S/C14H22O2/c1-5-6-11(3)16-14-8-7-13(12(4)15)9-10(14)2/h7-9,11-12,15H,5-6H2,1-4H3/t11?,12-/m1/s1. The number of benzene rings is 1. The summed E-state index contributed by atoms with van der Waals surface area (Å²) in [4.78, 5) is 0. The van der Waals surface area contributed by atoms with Gasteiger partial charge in [0.05, 0.1) is 12.2 Å². The molecular weight excluding hydrogens is 200 g/mol. The second kappa shape index (κ2) is 5.90. The molecule has 1 rings (SSSR count). The molecule has 2 atom stereocenters. The Balaban J connectivity index is 2.75. The van der Waals surface area contributed by atoms with Crippen LogP contribution in [0.3, 0.4) is 0 Å². The third kappa shape index (κ3) is 3.53. The molecule has 1 aromatic carbocycles.